The highest BCUT2D eigenvalue weighted by atomic mass is 16.5. The summed E-state index contributed by atoms with van der Waals surface area (Å²) < 4.78 is 21.5. The summed E-state index contributed by atoms with van der Waals surface area (Å²) >= 11 is 0. The number of hydrogen-bond donors (Lipinski definition) is 3. The Morgan fingerprint density at radius 2 is 1.59 bits per heavy atom. The molecule has 0 aliphatic heterocycles. The van der Waals surface area contributed by atoms with Gasteiger partial charge in [-0.25, -0.2) is 0 Å². The molecule has 0 unspecified atom stereocenters. The lowest BCUT2D eigenvalue weighted by atomic mass is 10.1. The number of hydrogen-bond acceptors (Lipinski definition) is 7. The molecule has 0 saturated heterocycles. The molecule has 0 atom stereocenters. The van der Waals surface area contributed by atoms with Gasteiger partial charge in [-0.05, 0) is 29.8 Å². The molecule has 4 rings (SSSR count). The molecule has 8 nitrogen and oxygen atoms in total. The van der Waals surface area contributed by atoms with Crippen LogP contribution in [0, 0.1) is 0 Å². The predicted molar refractivity (Wildman–Crippen MR) is 145 cm³/mol. The molecule has 4 aromatic rings. The van der Waals surface area contributed by atoms with Gasteiger partial charge in [0, 0.05) is 52.3 Å². The molecule has 0 bridgehead atoms. The molecule has 190 valence electrons. The van der Waals surface area contributed by atoms with Crippen molar-refractivity contribution in [3.8, 4) is 28.7 Å². The highest BCUT2D eigenvalue weighted by Gasteiger charge is 2.13. The van der Waals surface area contributed by atoms with Crippen molar-refractivity contribution in [2.45, 2.75) is 0 Å². The first-order chi connectivity index (χ1) is 18.0. The zero-order valence-corrected chi connectivity index (χ0v) is 21.0. The van der Waals surface area contributed by atoms with Crippen molar-refractivity contribution in [1.29, 1.82) is 0 Å². The first-order valence-electron chi connectivity index (χ1n) is 11.4. The zero-order chi connectivity index (χ0) is 26.4. The Kier molecular flexibility index (Phi) is 7.68. The molecule has 1 heterocycles. The second kappa shape index (κ2) is 11.3. The van der Waals surface area contributed by atoms with Gasteiger partial charge in [0.1, 0.15) is 0 Å². The second-order valence-electron chi connectivity index (χ2n) is 7.99. The van der Waals surface area contributed by atoms with Gasteiger partial charge in [0.05, 0.1) is 28.4 Å². The standard InChI is InChI=1S/C29H28N2O6/c1-34-26-16-23(30-12-11-24(32)21-17-31-22-8-6-5-7-20(21)22)19(15-25(26)33)10-9-18-13-27(35-2)29(37-4)28(14-18)36-3/h5-17,30-31,33H,1-4H3. The highest BCUT2D eigenvalue weighted by Crippen LogP contribution is 2.39. The van der Waals surface area contributed by atoms with Crippen molar-refractivity contribution in [2.24, 2.45) is 0 Å². The number of aromatic hydroxyl groups is 1. The van der Waals surface area contributed by atoms with E-state index in [2.05, 4.69) is 10.3 Å². The number of aromatic nitrogens is 1. The molecule has 0 amide bonds. The average Bonchev–Trinajstić information content (AvgIpc) is 3.36. The quantitative estimate of drug-likeness (QED) is 0.108. The van der Waals surface area contributed by atoms with Crippen LogP contribution >= 0.6 is 0 Å². The van der Waals surface area contributed by atoms with E-state index in [1.165, 1.54) is 13.2 Å². The summed E-state index contributed by atoms with van der Waals surface area (Å²) in [6.07, 6.45) is 8.38. The first-order valence-corrected chi connectivity index (χ1v) is 11.4. The molecule has 8 heteroatoms. The number of fused-ring (bicyclic) bond motifs is 1. The van der Waals surface area contributed by atoms with E-state index in [1.54, 1.807) is 45.9 Å². The number of allylic oxidation sites excluding steroid dienone is 1. The van der Waals surface area contributed by atoms with E-state index in [1.807, 2.05) is 48.6 Å². The Morgan fingerprint density at radius 3 is 2.27 bits per heavy atom. The predicted octanol–water partition coefficient (Wildman–Crippen LogP) is 5.89. The van der Waals surface area contributed by atoms with Gasteiger partial charge in [-0.15, -0.1) is 0 Å². The van der Waals surface area contributed by atoms with E-state index >= 15 is 0 Å². The molecule has 37 heavy (non-hydrogen) atoms. The van der Waals surface area contributed by atoms with E-state index in [0.29, 0.717) is 39.8 Å². The fourth-order valence-corrected chi connectivity index (χ4v) is 3.97. The Labute approximate surface area is 214 Å². The molecule has 0 fully saturated rings. The maximum absolute atomic E-state index is 12.8. The number of ketones is 1. The van der Waals surface area contributed by atoms with Crippen LogP contribution in [0.2, 0.25) is 0 Å². The van der Waals surface area contributed by atoms with E-state index in [-0.39, 0.29) is 11.5 Å². The molecule has 0 aliphatic carbocycles. The van der Waals surface area contributed by atoms with E-state index < -0.39 is 0 Å². The molecular formula is C29H28N2O6. The molecule has 0 aliphatic rings. The number of carbonyl (C=O) groups is 1. The Hall–Kier alpha value is -4.85. The van der Waals surface area contributed by atoms with Crippen LogP contribution in [0.5, 0.6) is 28.7 Å². The molecule has 0 spiro atoms. The number of rotatable bonds is 10. The lowest BCUT2D eigenvalue weighted by molar-refractivity contribution is 0.104. The maximum Gasteiger partial charge on any atom is 0.203 e. The third-order valence-electron chi connectivity index (χ3n) is 5.82. The molecule has 0 radical (unpaired) electrons. The number of benzene rings is 3. The number of anilines is 1. The van der Waals surface area contributed by atoms with Crippen LogP contribution in [0.25, 0.3) is 23.1 Å². The van der Waals surface area contributed by atoms with Gasteiger partial charge in [0.15, 0.2) is 28.8 Å². The molecule has 1 aromatic heterocycles. The van der Waals surface area contributed by atoms with Crippen molar-refractivity contribution < 1.29 is 28.8 Å². The van der Waals surface area contributed by atoms with Crippen LogP contribution in [-0.4, -0.2) is 44.3 Å². The van der Waals surface area contributed by atoms with Gasteiger partial charge in [-0.1, -0.05) is 30.4 Å². The van der Waals surface area contributed by atoms with E-state index in [4.69, 9.17) is 18.9 Å². The minimum Gasteiger partial charge on any atom is -0.504 e. The van der Waals surface area contributed by atoms with Gasteiger partial charge < -0.3 is 34.4 Å². The number of ether oxygens (including phenoxy) is 4. The van der Waals surface area contributed by atoms with Gasteiger partial charge in [-0.2, -0.15) is 0 Å². The zero-order valence-electron chi connectivity index (χ0n) is 21.0. The molecule has 0 saturated carbocycles. The van der Waals surface area contributed by atoms with Crippen molar-refractivity contribution in [2.75, 3.05) is 33.8 Å². The van der Waals surface area contributed by atoms with E-state index in [0.717, 1.165) is 16.5 Å². The largest absolute Gasteiger partial charge is 0.504 e. The second-order valence-corrected chi connectivity index (χ2v) is 7.99. The van der Waals surface area contributed by atoms with Crippen LogP contribution in [0.3, 0.4) is 0 Å². The van der Waals surface area contributed by atoms with Crippen LogP contribution in [0.15, 0.2) is 67.0 Å². The number of phenols is 1. The summed E-state index contributed by atoms with van der Waals surface area (Å²) in [5, 5.41) is 14.4. The van der Waals surface area contributed by atoms with Crippen molar-refractivity contribution in [3.05, 3.63) is 83.7 Å². The minimum atomic E-state index is -0.148. The maximum atomic E-state index is 12.8. The Morgan fingerprint density at radius 1 is 0.892 bits per heavy atom. The van der Waals surface area contributed by atoms with Crippen LogP contribution in [0.1, 0.15) is 21.5 Å². The summed E-state index contributed by atoms with van der Waals surface area (Å²) in [5.74, 6) is 1.68. The Bertz CT molecular complexity index is 1460. The number of aromatic amines is 1. The third-order valence-corrected chi connectivity index (χ3v) is 5.82. The lowest BCUT2D eigenvalue weighted by Crippen LogP contribution is -1.97. The highest BCUT2D eigenvalue weighted by molar-refractivity contribution is 6.13. The number of para-hydroxylation sites is 1. The normalized spacial score (nSPS) is 11.2. The minimum absolute atomic E-state index is 0.0172. The monoisotopic (exact) mass is 500 g/mol. The molecule has 3 N–H and O–H groups in total. The van der Waals surface area contributed by atoms with Gasteiger partial charge in [-0.3, -0.25) is 4.79 Å². The SMILES string of the molecule is COc1cc(NC=CC(=O)c2c[nH]c3ccccc23)c(C=Cc2cc(OC)c(OC)c(OC)c2)cc1O. The van der Waals surface area contributed by atoms with Crippen LogP contribution < -0.4 is 24.3 Å². The third kappa shape index (κ3) is 5.38. The van der Waals surface area contributed by atoms with Crippen LogP contribution in [-0.2, 0) is 0 Å². The van der Waals surface area contributed by atoms with Crippen molar-refractivity contribution in [3.63, 3.8) is 0 Å². The summed E-state index contributed by atoms with van der Waals surface area (Å²) in [7, 11) is 6.13. The smallest absolute Gasteiger partial charge is 0.203 e. The molecule has 3 aromatic carbocycles. The van der Waals surface area contributed by atoms with Crippen molar-refractivity contribution in [1.82, 2.24) is 4.98 Å². The van der Waals surface area contributed by atoms with Gasteiger partial charge in [0.2, 0.25) is 5.75 Å². The Balaban J connectivity index is 1.62. The number of nitrogens with one attached hydrogen (secondary N) is 2. The van der Waals surface area contributed by atoms with Gasteiger partial charge in [0.25, 0.3) is 0 Å². The summed E-state index contributed by atoms with van der Waals surface area (Å²) in [5.41, 5.74) is 3.56. The number of H-pyrrole nitrogens is 1. The van der Waals surface area contributed by atoms with Crippen LogP contribution in [0.4, 0.5) is 5.69 Å². The summed E-state index contributed by atoms with van der Waals surface area (Å²) in [6, 6.07) is 14.5. The average molecular weight is 501 g/mol. The van der Waals surface area contributed by atoms with E-state index in [9.17, 15) is 9.90 Å². The number of carbonyl (C=O) groups excluding carboxylic acids is 1. The fraction of sp³-hybridized carbons (Fsp3) is 0.138. The molecular weight excluding hydrogens is 472 g/mol. The van der Waals surface area contributed by atoms with Gasteiger partial charge >= 0.3 is 0 Å². The lowest BCUT2D eigenvalue weighted by Gasteiger charge is -2.13. The summed E-state index contributed by atoms with van der Waals surface area (Å²) in [4.78, 5) is 15.9. The fourth-order valence-electron chi connectivity index (χ4n) is 3.97. The topological polar surface area (TPSA) is 102 Å². The van der Waals surface area contributed by atoms with Crippen molar-refractivity contribution >= 4 is 34.5 Å². The number of methoxy groups -OCH3 is 4. The number of phenolic OH excluding ortho intramolecular Hbond substituents is 1. The first kappa shape index (κ1) is 25.2. The summed E-state index contributed by atoms with van der Waals surface area (Å²) in [6.45, 7) is 0.